The number of hydrogen-bond acceptors (Lipinski definition) is 5. The van der Waals surface area contributed by atoms with Gasteiger partial charge in [0.05, 0.1) is 26.5 Å². The van der Waals surface area contributed by atoms with Crippen LogP contribution < -0.4 is 0 Å². The average Bonchev–Trinajstić information content (AvgIpc) is 2.46. The molecule has 7 heteroatoms. The largest absolute Gasteiger partial charge is 0.467 e. The number of carbonyl (C=O) groups excluding carboxylic acids is 2. The van der Waals surface area contributed by atoms with Gasteiger partial charge in [-0.05, 0) is 12.1 Å². The molecule has 0 aliphatic carbocycles. The molecule has 1 amide bonds. The highest BCUT2D eigenvalue weighted by molar-refractivity contribution is 5.92. The van der Waals surface area contributed by atoms with Gasteiger partial charge in [0.1, 0.15) is 11.5 Å². The van der Waals surface area contributed by atoms with Crippen molar-refractivity contribution in [3.8, 4) is 0 Å². The van der Waals surface area contributed by atoms with Crippen molar-refractivity contribution in [3.05, 3.63) is 29.8 Å². The molecular formula is C12H13FN2O4. The Kier molecular flexibility index (Phi) is 4.06. The van der Waals surface area contributed by atoms with Gasteiger partial charge in [-0.25, -0.2) is 14.2 Å². The van der Waals surface area contributed by atoms with E-state index >= 15 is 0 Å². The van der Waals surface area contributed by atoms with Crippen molar-refractivity contribution in [2.24, 2.45) is 0 Å². The van der Waals surface area contributed by atoms with Gasteiger partial charge in [-0.15, -0.1) is 0 Å². The normalized spacial score (nSPS) is 19.1. The minimum atomic E-state index is -0.789. The zero-order chi connectivity index (χ0) is 13.8. The smallest absolute Gasteiger partial charge is 0.336 e. The van der Waals surface area contributed by atoms with Gasteiger partial charge in [-0.3, -0.25) is 4.79 Å². The van der Waals surface area contributed by atoms with E-state index in [0.717, 1.165) is 6.20 Å². The lowest BCUT2D eigenvalue weighted by atomic mass is 10.2. The minimum absolute atomic E-state index is 0.102. The van der Waals surface area contributed by atoms with E-state index < -0.39 is 17.9 Å². The molecule has 1 aromatic heterocycles. The summed E-state index contributed by atoms with van der Waals surface area (Å²) in [7, 11) is 1.26. The van der Waals surface area contributed by atoms with Gasteiger partial charge in [0.15, 0.2) is 6.10 Å². The molecule has 1 aliphatic heterocycles. The Morgan fingerprint density at radius 3 is 2.95 bits per heavy atom. The predicted octanol–water partition coefficient (Wildman–Crippen LogP) is 0.235. The number of pyridine rings is 1. The highest BCUT2D eigenvalue weighted by atomic mass is 19.1. The molecule has 0 bridgehead atoms. The summed E-state index contributed by atoms with van der Waals surface area (Å²) in [5, 5.41) is 0. The average molecular weight is 268 g/mol. The van der Waals surface area contributed by atoms with Gasteiger partial charge < -0.3 is 14.4 Å². The van der Waals surface area contributed by atoms with Gasteiger partial charge >= 0.3 is 5.97 Å². The Morgan fingerprint density at radius 1 is 1.53 bits per heavy atom. The van der Waals surface area contributed by atoms with E-state index in [9.17, 15) is 14.0 Å². The summed E-state index contributed by atoms with van der Waals surface area (Å²) >= 11 is 0. The molecule has 1 aromatic rings. The molecule has 2 heterocycles. The molecule has 1 unspecified atom stereocenters. The standard InChI is InChI=1S/C12H13FN2O4/c1-18-12(17)10-7-15(4-5-19-10)11(16)9-3-2-8(13)6-14-9/h2-3,6,10H,4-5,7H2,1H3. The van der Waals surface area contributed by atoms with E-state index in [1.165, 1.54) is 24.1 Å². The fourth-order valence-electron chi connectivity index (χ4n) is 1.77. The van der Waals surface area contributed by atoms with Gasteiger partial charge in [0.25, 0.3) is 5.91 Å². The van der Waals surface area contributed by atoms with Crippen molar-refractivity contribution in [2.45, 2.75) is 6.10 Å². The highest BCUT2D eigenvalue weighted by Crippen LogP contribution is 2.10. The van der Waals surface area contributed by atoms with Crippen LogP contribution in [0.1, 0.15) is 10.5 Å². The molecule has 0 spiro atoms. The van der Waals surface area contributed by atoms with Crippen molar-refractivity contribution in [1.29, 1.82) is 0 Å². The number of ether oxygens (including phenoxy) is 2. The molecule has 1 fully saturated rings. The van der Waals surface area contributed by atoms with Crippen LogP contribution in [0.5, 0.6) is 0 Å². The molecule has 1 atom stereocenters. The second kappa shape index (κ2) is 5.75. The first-order valence-electron chi connectivity index (χ1n) is 5.72. The zero-order valence-electron chi connectivity index (χ0n) is 10.3. The second-order valence-electron chi connectivity index (χ2n) is 4.00. The van der Waals surface area contributed by atoms with Gasteiger partial charge in [-0.2, -0.15) is 0 Å². The van der Waals surface area contributed by atoms with Crippen molar-refractivity contribution < 1.29 is 23.5 Å². The first-order valence-corrected chi connectivity index (χ1v) is 5.72. The number of rotatable bonds is 2. The van der Waals surface area contributed by atoms with Crippen LogP contribution in [-0.4, -0.2) is 54.7 Å². The fourth-order valence-corrected chi connectivity index (χ4v) is 1.77. The van der Waals surface area contributed by atoms with Gasteiger partial charge in [0, 0.05) is 6.54 Å². The number of esters is 1. The first kappa shape index (κ1) is 13.4. The van der Waals surface area contributed by atoms with Crippen LogP contribution in [0.3, 0.4) is 0 Å². The zero-order valence-corrected chi connectivity index (χ0v) is 10.3. The Balaban J connectivity index is 2.06. The second-order valence-corrected chi connectivity index (χ2v) is 4.00. The van der Waals surface area contributed by atoms with E-state index in [1.807, 2.05) is 0 Å². The molecule has 1 saturated heterocycles. The van der Waals surface area contributed by atoms with E-state index in [2.05, 4.69) is 9.72 Å². The Bertz CT molecular complexity index is 477. The van der Waals surface area contributed by atoms with Crippen molar-refractivity contribution >= 4 is 11.9 Å². The van der Waals surface area contributed by atoms with Crippen LogP contribution in [0.25, 0.3) is 0 Å². The van der Waals surface area contributed by atoms with Gasteiger partial charge in [0.2, 0.25) is 0 Å². The maximum atomic E-state index is 12.7. The van der Waals surface area contributed by atoms with Crippen molar-refractivity contribution in [2.75, 3.05) is 26.8 Å². The number of halogens is 1. The van der Waals surface area contributed by atoms with Crippen molar-refractivity contribution in [1.82, 2.24) is 9.88 Å². The van der Waals surface area contributed by atoms with Crippen LogP contribution in [-0.2, 0) is 14.3 Å². The van der Waals surface area contributed by atoms with Crippen molar-refractivity contribution in [3.63, 3.8) is 0 Å². The maximum Gasteiger partial charge on any atom is 0.336 e. The lowest BCUT2D eigenvalue weighted by Gasteiger charge is -2.31. The number of amides is 1. The number of aromatic nitrogens is 1. The Labute approximate surface area is 109 Å². The quantitative estimate of drug-likeness (QED) is 0.718. The van der Waals surface area contributed by atoms with E-state index in [1.54, 1.807) is 0 Å². The Hall–Kier alpha value is -2.02. The molecule has 102 valence electrons. The SMILES string of the molecule is COC(=O)C1CN(C(=O)c2ccc(F)cn2)CCO1. The number of carbonyl (C=O) groups is 2. The third-order valence-corrected chi connectivity index (χ3v) is 2.76. The third kappa shape index (κ3) is 3.05. The molecule has 2 rings (SSSR count). The fraction of sp³-hybridized carbons (Fsp3) is 0.417. The summed E-state index contributed by atoms with van der Waals surface area (Å²) in [5.41, 5.74) is 0.131. The van der Waals surface area contributed by atoms with E-state index in [4.69, 9.17) is 4.74 Å². The number of nitrogens with zero attached hydrogens (tertiary/aromatic N) is 2. The Morgan fingerprint density at radius 2 is 2.32 bits per heavy atom. The topological polar surface area (TPSA) is 68.7 Å². The highest BCUT2D eigenvalue weighted by Gasteiger charge is 2.30. The molecule has 0 N–H and O–H groups in total. The van der Waals surface area contributed by atoms with Crippen LogP contribution in [0.15, 0.2) is 18.3 Å². The molecule has 0 aromatic carbocycles. The molecule has 0 radical (unpaired) electrons. The third-order valence-electron chi connectivity index (χ3n) is 2.76. The first-order chi connectivity index (χ1) is 9.11. The van der Waals surface area contributed by atoms with Crippen LogP contribution in [0.2, 0.25) is 0 Å². The van der Waals surface area contributed by atoms with Crippen LogP contribution in [0, 0.1) is 5.82 Å². The summed E-state index contributed by atoms with van der Waals surface area (Å²) in [6.45, 7) is 0.697. The minimum Gasteiger partial charge on any atom is -0.467 e. The van der Waals surface area contributed by atoms with Crippen LogP contribution >= 0.6 is 0 Å². The number of hydrogen-bond donors (Lipinski definition) is 0. The van der Waals surface area contributed by atoms with E-state index in [-0.39, 0.29) is 24.8 Å². The van der Waals surface area contributed by atoms with Gasteiger partial charge in [-0.1, -0.05) is 0 Å². The van der Waals surface area contributed by atoms with Crippen LogP contribution in [0.4, 0.5) is 4.39 Å². The molecule has 0 saturated carbocycles. The summed E-state index contributed by atoms with van der Waals surface area (Å²) in [5.74, 6) is -1.40. The molecular weight excluding hydrogens is 255 g/mol. The number of morpholine rings is 1. The monoisotopic (exact) mass is 268 g/mol. The maximum absolute atomic E-state index is 12.7. The summed E-state index contributed by atoms with van der Waals surface area (Å²) in [6.07, 6.45) is 0.189. The molecule has 19 heavy (non-hydrogen) atoms. The molecule has 6 nitrogen and oxygen atoms in total. The summed E-state index contributed by atoms with van der Waals surface area (Å²) in [4.78, 5) is 28.6. The lowest BCUT2D eigenvalue weighted by molar-refractivity contribution is -0.158. The number of methoxy groups -OCH3 is 1. The van der Waals surface area contributed by atoms with E-state index in [0.29, 0.717) is 6.54 Å². The molecule has 1 aliphatic rings. The summed E-state index contributed by atoms with van der Waals surface area (Å²) in [6, 6.07) is 2.47. The lowest BCUT2D eigenvalue weighted by Crippen LogP contribution is -2.49. The summed E-state index contributed by atoms with van der Waals surface area (Å²) < 4.78 is 22.5. The predicted molar refractivity (Wildman–Crippen MR) is 61.9 cm³/mol.